The maximum Gasteiger partial charge on any atom is 0.255 e. The van der Waals surface area contributed by atoms with E-state index in [1.165, 1.54) is 7.11 Å². The molecule has 0 spiro atoms. The molecule has 0 unspecified atom stereocenters. The number of imidazole rings is 1. The molecular weight excluding hydrogens is 554 g/mol. The Bertz CT molecular complexity index is 1760. The fourth-order valence-electron chi connectivity index (χ4n) is 4.69. The molecule has 224 valence electrons. The number of sulfonamides is 1. The SMILES string of the molecule is COc1c(NC(=O)c2ccc(C)c(-n3cc(-c4cnc(C(C)(C)C)n4C)nn3)c2)cc(C(C)(C)C)cc1NS(C)(=O)=O. The Morgan fingerprint density at radius 1 is 1.00 bits per heavy atom. The Labute approximate surface area is 247 Å². The summed E-state index contributed by atoms with van der Waals surface area (Å²) >= 11 is 0. The topological polar surface area (TPSA) is 133 Å². The molecule has 0 aliphatic carbocycles. The van der Waals surface area contributed by atoms with Crippen LogP contribution in [0.4, 0.5) is 11.4 Å². The second-order valence-corrected chi connectivity index (χ2v) is 14.3. The number of benzene rings is 2. The van der Waals surface area contributed by atoms with E-state index in [2.05, 4.69) is 46.1 Å². The van der Waals surface area contributed by atoms with Gasteiger partial charge in [-0.25, -0.2) is 18.1 Å². The lowest BCUT2D eigenvalue weighted by atomic mass is 9.86. The zero-order valence-corrected chi connectivity index (χ0v) is 26.6. The number of aromatic nitrogens is 5. The van der Waals surface area contributed by atoms with Gasteiger partial charge in [-0.2, -0.15) is 0 Å². The summed E-state index contributed by atoms with van der Waals surface area (Å²) in [6.45, 7) is 14.2. The molecule has 0 aliphatic heterocycles. The van der Waals surface area contributed by atoms with Crippen LogP contribution in [-0.4, -0.2) is 52.2 Å². The summed E-state index contributed by atoms with van der Waals surface area (Å²) < 4.78 is 35.8. The number of carbonyl (C=O) groups is 1. The van der Waals surface area contributed by atoms with Crippen LogP contribution in [0.25, 0.3) is 17.1 Å². The fraction of sp³-hybridized carbons (Fsp3) is 0.400. The van der Waals surface area contributed by atoms with Crippen molar-refractivity contribution in [2.45, 2.75) is 59.3 Å². The van der Waals surface area contributed by atoms with Gasteiger partial charge in [-0.3, -0.25) is 9.52 Å². The zero-order chi connectivity index (χ0) is 31.2. The van der Waals surface area contributed by atoms with Gasteiger partial charge < -0.3 is 14.6 Å². The summed E-state index contributed by atoms with van der Waals surface area (Å²) in [6, 6.07) is 8.81. The number of ether oxygens (including phenoxy) is 1. The van der Waals surface area contributed by atoms with Crippen molar-refractivity contribution in [1.82, 2.24) is 24.5 Å². The molecule has 2 heterocycles. The van der Waals surface area contributed by atoms with Gasteiger partial charge in [-0.05, 0) is 47.7 Å². The van der Waals surface area contributed by atoms with Crippen molar-refractivity contribution in [2.24, 2.45) is 7.05 Å². The third kappa shape index (κ3) is 6.48. The number of hydrogen-bond donors (Lipinski definition) is 2. The van der Waals surface area contributed by atoms with Crippen LogP contribution in [0.15, 0.2) is 42.7 Å². The zero-order valence-electron chi connectivity index (χ0n) is 25.8. The van der Waals surface area contributed by atoms with Crippen molar-refractivity contribution in [1.29, 1.82) is 0 Å². The molecule has 2 aromatic heterocycles. The number of amides is 1. The van der Waals surface area contributed by atoms with E-state index in [0.717, 1.165) is 28.9 Å². The van der Waals surface area contributed by atoms with Crippen LogP contribution in [0.5, 0.6) is 5.75 Å². The van der Waals surface area contributed by atoms with Crippen molar-refractivity contribution >= 4 is 27.3 Å². The minimum atomic E-state index is -3.60. The van der Waals surface area contributed by atoms with Crippen molar-refractivity contribution in [3.05, 3.63) is 65.2 Å². The Morgan fingerprint density at radius 2 is 1.67 bits per heavy atom. The van der Waals surface area contributed by atoms with Gasteiger partial charge in [-0.15, -0.1) is 5.10 Å². The van der Waals surface area contributed by atoms with Crippen molar-refractivity contribution in [2.75, 3.05) is 23.4 Å². The Morgan fingerprint density at radius 3 is 2.24 bits per heavy atom. The van der Waals surface area contributed by atoms with Crippen LogP contribution in [0.3, 0.4) is 0 Å². The molecule has 0 saturated heterocycles. The van der Waals surface area contributed by atoms with Crippen LogP contribution >= 0.6 is 0 Å². The highest BCUT2D eigenvalue weighted by Crippen LogP contribution is 2.39. The average molecular weight is 594 g/mol. The number of nitrogens with zero attached hydrogens (tertiary/aromatic N) is 5. The molecule has 1 amide bonds. The predicted octanol–water partition coefficient (Wildman–Crippen LogP) is 5.20. The summed E-state index contributed by atoms with van der Waals surface area (Å²) in [5.41, 5.74) is 4.40. The van der Waals surface area contributed by atoms with Crippen LogP contribution in [0.2, 0.25) is 0 Å². The van der Waals surface area contributed by atoms with Crippen molar-refractivity contribution in [3.63, 3.8) is 0 Å². The van der Waals surface area contributed by atoms with Crippen LogP contribution < -0.4 is 14.8 Å². The molecule has 4 rings (SSSR count). The average Bonchev–Trinajstić information content (AvgIpc) is 3.49. The molecule has 42 heavy (non-hydrogen) atoms. The summed E-state index contributed by atoms with van der Waals surface area (Å²) in [6.07, 6.45) is 4.67. The van der Waals surface area contributed by atoms with Gasteiger partial charge in [0.1, 0.15) is 11.5 Å². The number of nitrogens with one attached hydrogen (secondary N) is 2. The molecule has 2 N–H and O–H groups in total. The smallest absolute Gasteiger partial charge is 0.255 e. The first kappa shape index (κ1) is 30.8. The third-order valence-corrected chi connectivity index (χ3v) is 7.43. The molecule has 2 aromatic carbocycles. The lowest BCUT2D eigenvalue weighted by Crippen LogP contribution is -2.18. The van der Waals surface area contributed by atoms with Crippen LogP contribution in [0.1, 0.15) is 68.9 Å². The molecule has 0 aliphatic rings. The maximum absolute atomic E-state index is 13.5. The van der Waals surface area contributed by atoms with E-state index in [-0.39, 0.29) is 22.3 Å². The van der Waals surface area contributed by atoms with Crippen LogP contribution in [-0.2, 0) is 27.9 Å². The summed E-state index contributed by atoms with van der Waals surface area (Å²) in [7, 11) is -0.220. The molecule has 0 bridgehead atoms. The Hall–Kier alpha value is -4.19. The van der Waals surface area contributed by atoms with Gasteiger partial charge >= 0.3 is 0 Å². The monoisotopic (exact) mass is 593 g/mol. The van der Waals surface area contributed by atoms with Crippen LogP contribution in [0, 0.1) is 6.92 Å². The molecule has 0 radical (unpaired) electrons. The van der Waals surface area contributed by atoms with E-state index in [1.807, 2.05) is 51.6 Å². The van der Waals surface area contributed by atoms with Crippen molar-refractivity contribution in [3.8, 4) is 22.8 Å². The molecule has 12 heteroatoms. The van der Waals surface area contributed by atoms with Gasteiger partial charge in [0.2, 0.25) is 10.0 Å². The van der Waals surface area contributed by atoms with E-state index >= 15 is 0 Å². The third-order valence-electron chi connectivity index (χ3n) is 6.84. The highest BCUT2D eigenvalue weighted by Gasteiger charge is 2.24. The lowest BCUT2D eigenvalue weighted by molar-refractivity contribution is 0.102. The molecule has 0 fully saturated rings. The van der Waals surface area contributed by atoms with Crippen molar-refractivity contribution < 1.29 is 17.9 Å². The maximum atomic E-state index is 13.5. The molecule has 0 atom stereocenters. The Balaban J connectivity index is 1.70. The first-order chi connectivity index (χ1) is 19.4. The van der Waals surface area contributed by atoms with Gasteiger partial charge in [0.25, 0.3) is 5.91 Å². The number of anilines is 2. The number of rotatable bonds is 7. The quantitative estimate of drug-likeness (QED) is 0.301. The summed E-state index contributed by atoms with van der Waals surface area (Å²) in [4.78, 5) is 18.1. The number of hydrogen-bond acceptors (Lipinski definition) is 7. The molecule has 0 saturated carbocycles. The first-order valence-electron chi connectivity index (χ1n) is 13.5. The molecule has 4 aromatic rings. The second-order valence-electron chi connectivity index (χ2n) is 12.5. The number of aryl methyl sites for hydroxylation is 1. The standard InChI is InChI=1S/C30H39N7O4S/c1-18-11-12-19(13-24(18)37-17-23(33-35-37)25-16-31-28(36(25)8)30(5,6)7)27(38)32-21-14-20(29(2,3)4)15-22(26(21)41-9)34-42(10,39)40/h11-17,34H,1-10H3,(H,32,38). The fourth-order valence-corrected chi connectivity index (χ4v) is 5.24. The Kier molecular flexibility index (Phi) is 7.98. The summed E-state index contributed by atoms with van der Waals surface area (Å²) in [5.74, 6) is 0.747. The van der Waals surface area contributed by atoms with Gasteiger partial charge in [0, 0.05) is 18.0 Å². The predicted molar refractivity (Wildman–Crippen MR) is 165 cm³/mol. The minimum absolute atomic E-state index is 0.127. The van der Waals surface area contributed by atoms with E-state index < -0.39 is 15.9 Å². The van der Waals surface area contributed by atoms with Gasteiger partial charge in [0.15, 0.2) is 5.75 Å². The molecular formula is C30H39N7O4S. The first-order valence-corrected chi connectivity index (χ1v) is 15.4. The summed E-state index contributed by atoms with van der Waals surface area (Å²) in [5, 5.41) is 11.6. The second kappa shape index (κ2) is 10.9. The number of carbonyl (C=O) groups excluding carboxylic acids is 1. The largest absolute Gasteiger partial charge is 0.492 e. The molecule has 11 nitrogen and oxygen atoms in total. The van der Waals surface area contributed by atoms with E-state index in [9.17, 15) is 13.2 Å². The highest BCUT2D eigenvalue weighted by molar-refractivity contribution is 7.92. The normalized spacial score (nSPS) is 12.3. The van der Waals surface area contributed by atoms with E-state index in [0.29, 0.717) is 22.6 Å². The van der Waals surface area contributed by atoms with E-state index in [1.54, 1.807) is 35.1 Å². The van der Waals surface area contributed by atoms with Gasteiger partial charge in [-0.1, -0.05) is 52.8 Å². The number of methoxy groups -OCH3 is 1. The van der Waals surface area contributed by atoms with Gasteiger partial charge in [0.05, 0.1) is 48.5 Å². The minimum Gasteiger partial charge on any atom is -0.492 e. The highest BCUT2D eigenvalue weighted by atomic mass is 32.2. The van der Waals surface area contributed by atoms with E-state index in [4.69, 9.17) is 4.74 Å². The lowest BCUT2D eigenvalue weighted by Gasteiger charge is -2.24.